The van der Waals surface area contributed by atoms with Crippen LogP contribution in [0.4, 0.5) is 0 Å². The van der Waals surface area contributed by atoms with Crippen LogP contribution in [0.25, 0.3) is 0 Å². The largest absolute Gasteiger partial charge is 0.478 e. The highest BCUT2D eigenvalue weighted by atomic mass is 32.2. The fourth-order valence-corrected chi connectivity index (χ4v) is 2.23. The van der Waals surface area contributed by atoms with Crippen molar-refractivity contribution in [2.24, 2.45) is 0 Å². The highest BCUT2D eigenvalue weighted by Gasteiger charge is 2.11. The van der Waals surface area contributed by atoms with Gasteiger partial charge < -0.3 is 10.4 Å². The van der Waals surface area contributed by atoms with Gasteiger partial charge in [0, 0.05) is 24.4 Å². The fourth-order valence-electron chi connectivity index (χ4n) is 1.30. The average molecular weight is 268 g/mol. The van der Waals surface area contributed by atoms with Gasteiger partial charge in [-0.3, -0.25) is 4.79 Å². The number of thioether (sulfide) groups is 1. The van der Waals surface area contributed by atoms with Crippen LogP contribution in [0, 0.1) is 0 Å². The van der Waals surface area contributed by atoms with Crippen molar-refractivity contribution in [3.63, 3.8) is 0 Å². The van der Waals surface area contributed by atoms with E-state index in [9.17, 15) is 9.59 Å². The number of carboxylic acid groups (broad SMARTS) is 1. The summed E-state index contributed by atoms with van der Waals surface area (Å²) in [6, 6.07) is 3.21. The van der Waals surface area contributed by atoms with Crippen molar-refractivity contribution < 1.29 is 14.7 Å². The Kier molecular flexibility index (Phi) is 5.64. The van der Waals surface area contributed by atoms with E-state index in [1.807, 2.05) is 13.8 Å². The van der Waals surface area contributed by atoms with Gasteiger partial charge in [0.25, 0.3) is 0 Å². The Bertz CT molecular complexity index is 435. The first-order valence-corrected chi connectivity index (χ1v) is 6.59. The third-order valence-electron chi connectivity index (χ3n) is 2.02. The zero-order valence-electron chi connectivity index (χ0n) is 10.3. The molecule has 0 spiro atoms. The molecule has 1 heterocycles. The maximum atomic E-state index is 11.4. The molecule has 0 bridgehead atoms. The van der Waals surface area contributed by atoms with Gasteiger partial charge in [-0.15, -0.1) is 11.8 Å². The molecule has 0 saturated heterocycles. The summed E-state index contributed by atoms with van der Waals surface area (Å²) in [6.45, 7) is 3.79. The molecule has 1 amide bonds. The Hall–Kier alpha value is -1.56. The molecule has 0 aliphatic rings. The minimum absolute atomic E-state index is 0.0368. The second-order valence-electron chi connectivity index (χ2n) is 3.98. The summed E-state index contributed by atoms with van der Waals surface area (Å²) < 4.78 is 0. The smallest absolute Gasteiger partial charge is 0.338 e. The Morgan fingerprint density at radius 1 is 1.50 bits per heavy atom. The van der Waals surface area contributed by atoms with E-state index >= 15 is 0 Å². The van der Waals surface area contributed by atoms with Gasteiger partial charge in [-0.05, 0) is 26.0 Å². The van der Waals surface area contributed by atoms with Gasteiger partial charge in [0.05, 0.1) is 5.56 Å². The van der Waals surface area contributed by atoms with Crippen molar-refractivity contribution in [1.29, 1.82) is 0 Å². The maximum absolute atomic E-state index is 11.4. The van der Waals surface area contributed by atoms with Crippen LogP contribution in [0.3, 0.4) is 0 Å². The molecule has 0 aliphatic carbocycles. The number of carbonyl (C=O) groups excluding carboxylic acids is 1. The lowest BCUT2D eigenvalue weighted by Crippen LogP contribution is -2.30. The topological polar surface area (TPSA) is 79.3 Å². The number of amides is 1. The predicted molar refractivity (Wildman–Crippen MR) is 69.8 cm³/mol. The van der Waals surface area contributed by atoms with Gasteiger partial charge in [-0.2, -0.15) is 0 Å². The molecule has 0 saturated carbocycles. The van der Waals surface area contributed by atoms with Crippen LogP contribution in [0.15, 0.2) is 23.4 Å². The second-order valence-corrected chi connectivity index (χ2v) is 5.07. The van der Waals surface area contributed by atoms with Gasteiger partial charge >= 0.3 is 5.97 Å². The van der Waals surface area contributed by atoms with Crippen LogP contribution in [0.2, 0.25) is 0 Å². The minimum atomic E-state index is -1.00. The van der Waals surface area contributed by atoms with Crippen LogP contribution >= 0.6 is 11.8 Å². The Balaban J connectivity index is 2.49. The number of nitrogens with one attached hydrogen (secondary N) is 1. The number of aromatic carboxylic acids is 1. The number of carboxylic acids is 1. The van der Waals surface area contributed by atoms with E-state index in [0.29, 0.717) is 17.2 Å². The Labute approximate surface area is 110 Å². The van der Waals surface area contributed by atoms with E-state index in [2.05, 4.69) is 10.3 Å². The van der Waals surface area contributed by atoms with Crippen molar-refractivity contribution in [1.82, 2.24) is 10.3 Å². The van der Waals surface area contributed by atoms with Gasteiger partial charge in [0.1, 0.15) is 5.03 Å². The number of nitrogens with zero attached hydrogens (tertiary/aromatic N) is 1. The van der Waals surface area contributed by atoms with Crippen LogP contribution in [-0.4, -0.2) is 33.8 Å². The molecule has 0 aromatic carbocycles. The van der Waals surface area contributed by atoms with Gasteiger partial charge in [-0.25, -0.2) is 9.78 Å². The maximum Gasteiger partial charge on any atom is 0.338 e. The molecular formula is C12H16N2O3S. The monoisotopic (exact) mass is 268 g/mol. The van der Waals surface area contributed by atoms with E-state index in [1.54, 1.807) is 12.3 Å². The molecule has 0 unspecified atom stereocenters. The summed E-state index contributed by atoms with van der Waals surface area (Å²) in [7, 11) is 0. The third kappa shape index (κ3) is 4.75. The van der Waals surface area contributed by atoms with Crippen LogP contribution in [0.1, 0.15) is 30.6 Å². The second kappa shape index (κ2) is 7.00. The van der Waals surface area contributed by atoms with E-state index in [0.717, 1.165) is 0 Å². The number of carbonyl (C=O) groups is 2. The molecule has 1 aromatic rings. The lowest BCUT2D eigenvalue weighted by molar-refractivity contribution is -0.121. The van der Waals surface area contributed by atoms with Crippen molar-refractivity contribution in [3.8, 4) is 0 Å². The fraction of sp³-hybridized carbons (Fsp3) is 0.417. The van der Waals surface area contributed by atoms with E-state index in [1.165, 1.54) is 17.8 Å². The molecule has 5 nitrogen and oxygen atoms in total. The number of hydrogen-bond donors (Lipinski definition) is 2. The van der Waals surface area contributed by atoms with E-state index < -0.39 is 5.97 Å². The van der Waals surface area contributed by atoms with Gasteiger partial charge in [0.2, 0.25) is 5.91 Å². The Morgan fingerprint density at radius 2 is 2.22 bits per heavy atom. The van der Waals surface area contributed by atoms with E-state index in [4.69, 9.17) is 5.11 Å². The number of pyridine rings is 1. The van der Waals surface area contributed by atoms with Crippen LogP contribution in [0.5, 0.6) is 0 Å². The summed E-state index contributed by atoms with van der Waals surface area (Å²) in [5, 5.41) is 12.2. The zero-order chi connectivity index (χ0) is 13.5. The van der Waals surface area contributed by atoms with Gasteiger partial charge in [-0.1, -0.05) is 0 Å². The molecule has 0 radical (unpaired) electrons. The van der Waals surface area contributed by atoms with Crippen molar-refractivity contribution in [2.75, 3.05) is 5.75 Å². The lowest BCUT2D eigenvalue weighted by Gasteiger charge is -2.08. The summed E-state index contributed by atoms with van der Waals surface area (Å²) >= 11 is 1.28. The van der Waals surface area contributed by atoms with Gasteiger partial charge in [0.15, 0.2) is 0 Å². The summed E-state index contributed by atoms with van der Waals surface area (Å²) in [4.78, 5) is 26.3. The first kappa shape index (κ1) is 14.5. The summed E-state index contributed by atoms with van der Waals surface area (Å²) in [5.74, 6) is -0.530. The predicted octanol–water partition coefficient (Wildman–Crippen LogP) is 1.79. The molecule has 6 heteroatoms. The average Bonchev–Trinajstić information content (AvgIpc) is 2.28. The normalized spacial score (nSPS) is 10.4. The Morgan fingerprint density at radius 3 is 2.83 bits per heavy atom. The number of hydrogen-bond acceptors (Lipinski definition) is 4. The SMILES string of the molecule is CC(C)NC(=O)CCSc1ncccc1C(=O)O. The van der Waals surface area contributed by atoms with Crippen molar-refractivity contribution in [2.45, 2.75) is 31.3 Å². The third-order valence-corrected chi connectivity index (χ3v) is 3.03. The van der Waals surface area contributed by atoms with Crippen LogP contribution in [-0.2, 0) is 4.79 Å². The molecule has 0 fully saturated rings. The number of rotatable bonds is 6. The highest BCUT2D eigenvalue weighted by Crippen LogP contribution is 2.20. The molecule has 2 N–H and O–H groups in total. The molecule has 1 rings (SSSR count). The zero-order valence-corrected chi connectivity index (χ0v) is 11.2. The highest BCUT2D eigenvalue weighted by molar-refractivity contribution is 7.99. The lowest BCUT2D eigenvalue weighted by atomic mass is 10.3. The number of aromatic nitrogens is 1. The van der Waals surface area contributed by atoms with E-state index in [-0.39, 0.29) is 17.5 Å². The molecule has 18 heavy (non-hydrogen) atoms. The summed E-state index contributed by atoms with van der Waals surface area (Å²) in [5.41, 5.74) is 0.173. The van der Waals surface area contributed by atoms with Crippen LogP contribution < -0.4 is 5.32 Å². The molecular weight excluding hydrogens is 252 g/mol. The molecule has 1 aromatic heterocycles. The first-order valence-electron chi connectivity index (χ1n) is 5.61. The standard InChI is InChI=1S/C12H16N2O3S/c1-8(2)14-10(15)5-7-18-11-9(12(16)17)4-3-6-13-11/h3-4,6,8H,5,7H2,1-2H3,(H,14,15)(H,16,17). The molecule has 98 valence electrons. The minimum Gasteiger partial charge on any atom is -0.478 e. The quantitative estimate of drug-likeness (QED) is 0.769. The first-order chi connectivity index (χ1) is 8.50. The molecule has 0 aliphatic heterocycles. The molecule has 0 atom stereocenters. The summed E-state index contributed by atoms with van der Waals surface area (Å²) in [6.07, 6.45) is 1.89. The van der Waals surface area contributed by atoms with Crippen molar-refractivity contribution >= 4 is 23.6 Å². The van der Waals surface area contributed by atoms with Crippen molar-refractivity contribution in [3.05, 3.63) is 23.9 Å².